The highest BCUT2D eigenvalue weighted by Gasteiger charge is 2.55. The number of benzene rings is 1. The lowest BCUT2D eigenvalue weighted by Crippen LogP contribution is -2.24. The van der Waals surface area contributed by atoms with Crippen LogP contribution in [0.3, 0.4) is 0 Å². The van der Waals surface area contributed by atoms with Crippen molar-refractivity contribution in [3.8, 4) is 0 Å². The third-order valence-corrected chi connectivity index (χ3v) is 4.49. The van der Waals surface area contributed by atoms with Gasteiger partial charge in [-0.15, -0.1) is 0 Å². The Balaban J connectivity index is 1.80. The van der Waals surface area contributed by atoms with E-state index in [1.807, 2.05) is 6.07 Å². The first-order valence-electron chi connectivity index (χ1n) is 6.80. The van der Waals surface area contributed by atoms with E-state index in [0.717, 1.165) is 29.9 Å². The fourth-order valence-corrected chi connectivity index (χ4v) is 3.77. The van der Waals surface area contributed by atoms with Crippen LogP contribution >= 0.6 is 0 Å². The number of nitrogens with one attached hydrogen (secondary N) is 1. The molecule has 0 aliphatic heterocycles. The van der Waals surface area contributed by atoms with Gasteiger partial charge in [-0.2, -0.15) is 0 Å². The molecule has 92 valence electrons. The molecule has 17 heavy (non-hydrogen) atoms. The number of hydrogen-bond donors (Lipinski definition) is 1. The van der Waals surface area contributed by atoms with Crippen LogP contribution in [0.25, 0.3) is 0 Å². The molecule has 0 aromatic heterocycles. The fraction of sp³-hybridized carbons (Fsp3) is 0.600. The molecule has 1 aromatic carbocycles. The Morgan fingerprint density at radius 2 is 2.12 bits per heavy atom. The highest BCUT2D eigenvalue weighted by Crippen LogP contribution is 2.62. The Morgan fingerprint density at radius 3 is 2.76 bits per heavy atom. The second kappa shape index (κ2) is 4.41. The molecule has 0 spiro atoms. The number of hydrogen-bond acceptors (Lipinski definition) is 1. The van der Waals surface area contributed by atoms with E-state index in [-0.39, 0.29) is 5.82 Å². The molecular weight excluding hydrogens is 213 g/mol. The zero-order valence-corrected chi connectivity index (χ0v) is 10.3. The van der Waals surface area contributed by atoms with E-state index >= 15 is 0 Å². The molecule has 1 aromatic rings. The molecule has 2 heteroatoms. The molecule has 1 nitrogen and oxygen atoms in total. The van der Waals surface area contributed by atoms with Crippen LogP contribution in [0.1, 0.15) is 37.8 Å². The van der Waals surface area contributed by atoms with Gasteiger partial charge in [0.15, 0.2) is 0 Å². The fourth-order valence-electron chi connectivity index (χ4n) is 3.77. The summed E-state index contributed by atoms with van der Waals surface area (Å²) in [5, 5.41) is 3.55. The van der Waals surface area contributed by atoms with Crippen LogP contribution in [0.15, 0.2) is 24.3 Å². The Kier molecular flexibility index (Phi) is 2.91. The van der Waals surface area contributed by atoms with Crippen molar-refractivity contribution in [3.63, 3.8) is 0 Å². The predicted molar refractivity (Wildman–Crippen MR) is 67.1 cm³/mol. The average molecular weight is 233 g/mol. The molecule has 2 aliphatic rings. The first-order chi connectivity index (χ1) is 8.31. The van der Waals surface area contributed by atoms with Gasteiger partial charge in [0.25, 0.3) is 0 Å². The van der Waals surface area contributed by atoms with Crippen molar-refractivity contribution in [1.82, 2.24) is 5.32 Å². The number of fused-ring (bicyclic) bond motifs is 1. The van der Waals surface area contributed by atoms with Crippen molar-refractivity contribution in [3.05, 3.63) is 35.6 Å². The van der Waals surface area contributed by atoms with Gasteiger partial charge in [-0.05, 0) is 54.8 Å². The molecule has 0 bridgehead atoms. The van der Waals surface area contributed by atoms with Crippen molar-refractivity contribution in [2.24, 2.45) is 17.8 Å². The average Bonchev–Trinajstić information content (AvgIpc) is 2.79. The van der Waals surface area contributed by atoms with Gasteiger partial charge in [-0.3, -0.25) is 0 Å². The van der Waals surface area contributed by atoms with E-state index in [9.17, 15) is 4.39 Å². The molecule has 0 saturated heterocycles. The Labute approximate surface area is 102 Å². The normalized spacial score (nSPS) is 32.2. The van der Waals surface area contributed by atoms with Gasteiger partial charge in [0.05, 0.1) is 0 Å². The summed E-state index contributed by atoms with van der Waals surface area (Å²) in [6.07, 6.45) is 4.16. The van der Waals surface area contributed by atoms with Crippen LogP contribution in [0.5, 0.6) is 0 Å². The van der Waals surface area contributed by atoms with Crippen molar-refractivity contribution >= 4 is 0 Å². The van der Waals surface area contributed by atoms with E-state index in [1.54, 1.807) is 6.07 Å². The lowest BCUT2D eigenvalue weighted by Gasteiger charge is -2.20. The summed E-state index contributed by atoms with van der Waals surface area (Å²) >= 11 is 0. The summed E-state index contributed by atoms with van der Waals surface area (Å²) in [7, 11) is 0. The van der Waals surface area contributed by atoms with Gasteiger partial charge < -0.3 is 5.32 Å². The summed E-state index contributed by atoms with van der Waals surface area (Å²) in [4.78, 5) is 0. The maximum absolute atomic E-state index is 13.3. The monoisotopic (exact) mass is 233 g/mol. The van der Waals surface area contributed by atoms with E-state index in [0.29, 0.717) is 6.04 Å². The third-order valence-electron chi connectivity index (χ3n) is 4.49. The summed E-state index contributed by atoms with van der Waals surface area (Å²) < 4.78 is 13.3. The van der Waals surface area contributed by atoms with Gasteiger partial charge in [0.2, 0.25) is 0 Å². The first-order valence-corrected chi connectivity index (χ1v) is 6.80. The maximum Gasteiger partial charge on any atom is 0.123 e. The molecule has 2 saturated carbocycles. The van der Waals surface area contributed by atoms with Crippen molar-refractivity contribution in [1.29, 1.82) is 0 Å². The van der Waals surface area contributed by atoms with Crippen LogP contribution < -0.4 is 5.32 Å². The quantitative estimate of drug-likeness (QED) is 0.839. The zero-order chi connectivity index (χ0) is 11.8. The molecule has 2 aliphatic carbocycles. The minimum Gasteiger partial charge on any atom is -0.310 e. The lowest BCUT2D eigenvalue weighted by molar-refractivity contribution is 0.424. The summed E-state index contributed by atoms with van der Waals surface area (Å²) in [5.74, 6) is 2.45. The van der Waals surface area contributed by atoms with Gasteiger partial charge in [0.1, 0.15) is 5.82 Å². The SMILES string of the molecule is CCNC(c1cccc(F)c1)C1C2CCCC21. The molecule has 0 amide bonds. The molecule has 2 fully saturated rings. The van der Waals surface area contributed by atoms with Crippen molar-refractivity contribution in [2.45, 2.75) is 32.2 Å². The Morgan fingerprint density at radius 1 is 1.35 bits per heavy atom. The van der Waals surface area contributed by atoms with Crippen molar-refractivity contribution in [2.75, 3.05) is 6.54 Å². The number of rotatable bonds is 4. The molecule has 0 heterocycles. The number of halogens is 1. The van der Waals surface area contributed by atoms with Gasteiger partial charge in [-0.1, -0.05) is 25.5 Å². The molecule has 1 N–H and O–H groups in total. The van der Waals surface area contributed by atoms with Crippen LogP contribution in [0, 0.1) is 23.6 Å². The van der Waals surface area contributed by atoms with Gasteiger partial charge in [-0.25, -0.2) is 4.39 Å². The van der Waals surface area contributed by atoms with Crippen molar-refractivity contribution < 1.29 is 4.39 Å². The second-order valence-electron chi connectivity index (χ2n) is 5.43. The van der Waals surface area contributed by atoms with E-state index in [2.05, 4.69) is 18.3 Å². The summed E-state index contributed by atoms with van der Waals surface area (Å²) in [6, 6.07) is 7.48. The molecule has 0 radical (unpaired) electrons. The van der Waals surface area contributed by atoms with Gasteiger partial charge >= 0.3 is 0 Å². The van der Waals surface area contributed by atoms with E-state index in [4.69, 9.17) is 0 Å². The standard InChI is InChI=1S/C15H20FN/c1-2-17-15(10-5-3-6-11(16)9-10)14-12-7-4-8-13(12)14/h3,5-6,9,12-15,17H,2,4,7-8H2,1H3. The van der Waals surface area contributed by atoms with Crippen LogP contribution in [0.2, 0.25) is 0 Å². The van der Waals surface area contributed by atoms with Gasteiger partial charge in [0, 0.05) is 6.04 Å². The topological polar surface area (TPSA) is 12.0 Å². The van der Waals surface area contributed by atoms with Crippen LogP contribution in [0.4, 0.5) is 4.39 Å². The summed E-state index contributed by atoms with van der Waals surface area (Å²) in [5.41, 5.74) is 1.13. The largest absolute Gasteiger partial charge is 0.310 e. The van der Waals surface area contributed by atoms with Crippen LogP contribution in [-0.4, -0.2) is 6.54 Å². The predicted octanol–water partition coefficient (Wildman–Crippen LogP) is 3.52. The Bertz CT molecular complexity index is 394. The molecule has 3 atom stereocenters. The highest BCUT2D eigenvalue weighted by atomic mass is 19.1. The van der Waals surface area contributed by atoms with Crippen LogP contribution in [-0.2, 0) is 0 Å². The smallest absolute Gasteiger partial charge is 0.123 e. The summed E-state index contributed by atoms with van der Waals surface area (Å²) in [6.45, 7) is 3.08. The highest BCUT2D eigenvalue weighted by molar-refractivity contribution is 5.24. The lowest BCUT2D eigenvalue weighted by atomic mass is 9.97. The first kappa shape index (κ1) is 11.2. The minimum atomic E-state index is -0.115. The van der Waals surface area contributed by atoms with E-state index < -0.39 is 0 Å². The minimum absolute atomic E-state index is 0.115. The molecule has 3 rings (SSSR count). The van der Waals surface area contributed by atoms with E-state index in [1.165, 1.54) is 25.3 Å². The zero-order valence-electron chi connectivity index (χ0n) is 10.3. The Hall–Kier alpha value is -0.890. The molecule has 3 unspecified atom stereocenters. The maximum atomic E-state index is 13.3. The third kappa shape index (κ3) is 1.99. The second-order valence-corrected chi connectivity index (χ2v) is 5.43. The molecular formula is C15H20FN.